The number of hydrogen-bond donors (Lipinski definition) is 1. The number of methoxy groups -OCH3 is 1. The fourth-order valence-corrected chi connectivity index (χ4v) is 3.48. The van der Waals surface area contributed by atoms with Crippen molar-refractivity contribution in [1.29, 1.82) is 0 Å². The summed E-state index contributed by atoms with van der Waals surface area (Å²) in [5.74, 6) is -2.30. The Hall–Kier alpha value is -4.67. The number of nitrogens with two attached hydrogens (primary N) is 1. The molecule has 0 unspecified atom stereocenters. The first-order valence-electron chi connectivity index (χ1n) is 11.3. The quantitative estimate of drug-likeness (QED) is 0.298. The van der Waals surface area contributed by atoms with E-state index in [1.807, 2.05) is 19.1 Å². The predicted octanol–water partition coefficient (Wildman–Crippen LogP) is 1.32. The highest BCUT2D eigenvalue weighted by atomic mass is 16.5. The summed E-state index contributed by atoms with van der Waals surface area (Å²) in [5, 5.41) is 0. The van der Waals surface area contributed by atoms with Crippen LogP contribution in [0, 0.1) is 6.92 Å². The highest BCUT2D eigenvalue weighted by molar-refractivity contribution is 6.01. The number of aryl methyl sites for hydroxylation is 1. The number of carbonyl (C=O) groups excluding carboxylic acids is 3. The molecule has 0 spiro atoms. The zero-order chi connectivity index (χ0) is 26.9. The van der Waals surface area contributed by atoms with Crippen LogP contribution >= 0.6 is 0 Å². The van der Waals surface area contributed by atoms with Gasteiger partial charge < -0.3 is 19.9 Å². The molecule has 37 heavy (non-hydrogen) atoms. The second-order valence-corrected chi connectivity index (χ2v) is 8.03. The molecule has 11 nitrogen and oxygen atoms in total. The molecule has 0 aliphatic rings. The molecule has 0 fully saturated rings. The average molecular weight is 510 g/mol. The largest absolute Gasteiger partial charge is 0.493 e. The van der Waals surface area contributed by atoms with Crippen LogP contribution in [0.1, 0.15) is 27.9 Å². The molecule has 1 heterocycles. The van der Waals surface area contributed by atoms with Gasteiger partial charge in [0.1, 0.15) is 23.7 Å². The molecule has 0 saturated carbocycles. The number of para-hydroxylation sites is 1. The third-order valence-corrected chi connectivity index (χ3v) is 5.47. The SMILES string of the molecule is COC(=O)Cn1c(=O)c(C(=O)COC(=O)CCOc2ccccc2C)c(N)n(Cc2ccccc2)c1=O. The molecule has 0 aliphatic heterocycles. The summed E-state index contributed by atoms with van der Waals surface area (Å²) < 4.78 is 16.7. The molecule has 2 N–H and O–H groups in total. The summed E-state index contributed by atoms with van der Waals surface area (Å²) in [5.41, 5.74) is 5.11. The van der Waals surface area contributed by atoms with Crippen molar-refractivity contribution in [2.45, 2.75) is 26.4 Å². The van der Waals surface area contributed by atoms with E-state index in [1.165, 1.54) is 0 Å². The van der Waals surface area contributed by atoms with Gasteiger partial charge in [0.05, 0.1) is 26.7 Å². The van der Waals surface area contributed by atoms with Gasteiger partial charge in [0.25, 0.3) is 5.56 Å². The Bertz CT molecular complexity index is 1410. The summed E-state index contributed by atoms with van der Waals surface area (Å²) in [6, 6.07) is 16.0. The van der Waals surface area contributed by atoms with Crippen LogP contribution in [0.5, 0.6) is 5.75 Å². The molecule has 2 aromatic carbocycles. The van der Waals surface area contributed by atoms with Crippen molar-refractivity contribution < 1.29 is 28.6 Å². The Morgan fingerprint density at radius 2 is 1.59 bits per heavy atom. The van der Waals surface area contributed by atoms with Crippen molar-refractivity contribution >= 4 is 23.5 Å². The molecule has 0 radical (unpaired) electrons. The van der Waals surface area contributed by atoms with Crippen molar-refractivity contribution in [3.05, 3.63) is 92.1 Å². The first-order chi connectivity index (χ1) is 17.7. The maximum Gasteiger partial charge on any atom is 0.333 e. The van der Waals surface area contributed by atoms with Gasteiger partial charge in [0.15, 0.2) is 6.61 Å². The summed E-state index contributed by atoms with van der Waals surface area (Å²) in [7, 11) is 1.10. The van der Waals surface area contributed by atoms with E-state index in [0.717, 1.165) is 17.2 Å². The topological polar surface area (TPSA) is 149 Å². The lowest BCUT2D eigenvalue weighted by atomic mass is 10.2. The van der Waals surface area contributed by atoms with Crippen molar-refractivity contribution in [3.8, 4) is 5.75 Å². The van der Waals surface area contributed by atoms with Gasteiger partial charge in [-0.05, 0) is 24.1 Å². The molecule has 3 aromatic rings. The van der Waals surface area contributed by atoms with Gasteiger partial charge in [0, 0.05) is 0 Å². The number of nitrogen functional groups attached to an aromatic ring is 1. The number of esters is 2. The van der Waals surface area contributed by atoms with Gasteiger partial charge >= 0.3 is 17.6 Å². The minimum Gasteiger partial charge on any atom is -0.493 e. The van der Waals surface area contributed by atoms with Gasteiger partial charge in [-0.1, -0.05) is 48.5 Å². The van der Waals surface area contributed by atoms with Gasteiger partial charge in [-0.2, -0.15) is 0 Å². The van der Waals surface area contributed by atoms with Gasteiger partial charge in [-0.25, -0.2) is 9.36 Å². The maximum absolute atomic E-state index is 13.0. The number of Topliss-reactive ketones (excluding diaryl/α,β-unsaturated/α-hetero) is 1. The third-order valence-electron chi connectivity index (χ3n) is 5.47. The van der Waals surface area contributed by atoms with Crippen LogP contribution in [0.3, 0.4) is 0 Å². The molecule has 11 heteroatoms. The fraction of sp³-hybridized carbons (Fsp3) is 0.269. The number of hydrogen-bond acceptors (Lipinski definition) is 9. The van der Waals surface area contributed by atoms with E-state index < -0.39 is 53.5 Å². The highest BCUT2D eigenvalue weighted by Crippen LogP contribution is 2.16. The highest BCUT2D eigenvalue weighted by Gasteiger charge is 2.25. The number of rotatable bonds is 11. The van der Waals surface area contributed by atoms with Crippen LogP contribution < -0.4 is 21.7 Å². The van der Waals surface area contributed by atoms with Crippen molar-refractivity contribution in [3.63, 3.8) is 0 Å². The smallest absolute Gasteiger partial charge is 0.333 e. The standard InChI is InChI=1S/C26H27N3O8/c1-17-8-6-7-11-20(17)36-13-12-21(31)37-16-19(30)23-24(27)28(14-18-9-4-3-5-10-18)26(34)29(25(23)33)15-22(32)35-2/h3-11H,12-16,27H2,1-2H3. The molecule has 3 rings (SSSR count). The molecule has 1 aromatic heterocycles. The van der Waals surface area contributed by atoms with Crippen LogP contribution in [-0.4, -0.2) is 47.2 Å². The second kappa shape index (κ2) is 12.3. The summed E-state index contributed by atoms with van der Waals surface area (Å²) in [6.45, 7) is 0.308. The van der Waals surface area contributed by atoms with E-state index in [1.54, 1.807) is 42.5 Å². The van der Waals surface area contributed by atoms with Crippen LogP contribution in [-0.2, 0) is 32.2 Å². The Balaban J connectivity index is 1.79. The summed E-state index contributed by atoms with van der Waals surface area (Å²) in [6.07, 6.45) is -0.142. The second-order valence-electron chi connectivity index (χ2n) is 8.03. The number of ether oxygens (including phenoxy) is 3. The Labute approximate surface area is 212 Å². The number of benzene rings is 2. The van der Waals surface area contributed by atoms with E-state index in [4.69, 9.17) is 15.2 Å². The maximum atomic E-state index is 13.0. The van der Waals surface area contributed by atoms with Gasteiger partial charge in [0.2, 0.25) is 5.78 Å². The zero-order valence-electron chi connectivity index (χ0n) is 20.5. The minimum absolute atomic E-state index is 0.0217. The van der Waals surface area contributed by atoms with Gasteiger partial charge in [-0.3, -0.25) is 23.7 Å². The molecule has 0 aliphatic carbocycles. The first-order valence-corrected chi connectivity index (χ1v) is 11.3. The molecule has 0 saturated heterocycles. The Morgan fingerprint density at radius 1 is 0.919 bits per heavy atom. The number of anilines is 1. The number of ketones is 1. The number of nitrogens with zero attached hydrogens (tertiary/aromatic N) is 2. The lowest BCUT2D eigenvalue weighted by molar-refractivity contribution is -0.143. The average Bonchev–Trinajstić information content (AvgIpc) is 2.89. The zero-order valence-corrected chi connectivity index (χ0v) is 20.5. The van der Waals surface area contributed by atoms with Crippen molar-refractivity contribution in [2.75, 3.05) is 26.1 Å². The van der Waals surface area contributed by atoms with Crippen molar-refractivity contribution in [1.82, 2.24) is 9.13 Å². The van der Waals surface area contributed by atoms with Crippen LogP contribution in [0.25, 0.3) is 0 Å². The Kier molecular flexibility index (Phi) is 8.98. The third kappa shape index (κ3) is 6.72. The normalized spacial score (nSPS) is 10.5. The van der Waals surface area contributed by atoms with E-state index in [0.29, 0.717) is 15.9 Å². The van der Waals surface area contributed by atoms with Gasteiger partial charge in [-0.15, -0.1) is 0 Å². The van der Waals surface area contributed by atoms with Crippen LogP contribution in [0.15, 0.2) is 64.2 Å². The molecule has 194 valence electrons. The molecular formula is C26H27N3O8. The summed E-state index contributed by atoms with van der Waals surface area (Å²) >= 11 is 0. The molecule has 0 bridgehead atoms. The molecule has 0 amide bonds. The lowest BCUT2D eigenvalue weighted by Crippen LogP contribution is -2.46. The monoisotopic (exact) mass is 509 g/mol. The number of aromatic nitrogens is 2. The fourth-order valence-electron chi connectivity index (χ4n) is 3.48. The first kappa shape index (κ1) is 26.9. The lowest BCUT2D eigenvalue weighted by Gasteiger charge is -2.16. The van der Waals surface area contributed by atoms with E-state index in [9.17, 15) is 24.0 Å². The predicted molar refractivity (Wildman–Crippen MR) is 134 cm³/mol. The molecular weight excluding hydrogens is 482 g/mol. The Morgan fingerprint density at radius 3 is 2.27 bits per heavy atom. The van der Waals surface area contributed by atoms with E-state index in [2.05, 4.69) is 4.74 Å². The van der Waals surface area contributed by atoms with E-state index in [-0.39, 0.29) is 19.6 Å². The molecule has 0 atom stereocenters. The number of carbonyl (C=O) groups is 3. The van der Waals surface area contributed by atoms with Crippen LogP contribution in [0.2, 0.25) is 0 Å². The van der Waals surface area contributed by atoms with E-state index >= 15 is 0 Å². The van der Waals surface area contributed by atoms with Crippen molar-refractivity contribution in [2.24, 2.45) is 0 Å². The minimum atomic E-state index is -1.08. The van der Waals surface area contributed by atoms with Crippen LogP contribution in [0.4, 0.5) is 5.82 Å². The summed E-state index contributed by atoms with van der Waals surface area (Å²) in [4.78, 5) is 62.9.